The molecule has 8 nitrogen and oxygen atoms in total. The molecule has 2 aromatic heterocycles. The number of amides is 1. The maximum absolute atomic E-state index is 12.6. The summed E-state index contributed by atoms with van der Waals surface area (Å²) in [6.07, 6.45) is 2.98. The highest BCUT2D eigenvalue weighted by Crippen LogP contribution is 2.17. The number of benzene rings is 1. The van der Waals surface area contributed by atoms with Crippen LogP contribution in [-0.2, 0) is 21.4 Å². The van der Waals surface area contributed by atoms with Gasteiger partial charge in [-0.15, -0.1) is 11.3 Å². The average molecular weight is 406 g/mol. The molecule has 27 heavy (non-hydrogen) atoms. The quantitative estimate of drug-likeness (QED) is 0.592. The first-order valence-corrected chi connectivity index (χ1v) is 10.6. The Balaban J connectivity index is 1.72. The van der Waals surface area contributed by atoms with E-state index in [0.717, 1.165) is 16.9 Å². The van der Waals surface area contributed by atoms with Gasteiger partial charge in [-0.2, -0.15) is 9.82 Å². The summed E-state index contributed by atoms with van der Waals surface area (Å²) in [6.45, 7) is 1.89. The zero-order valence-corrected chi connectivity index (χ0v) is 16.2. The summed E-state index contributed by atoms with van der Waals surface area (Å²) in [6, 6.07) is 11.2. The minimum Gasteiger partial charge on any atom is -0.346 e. The Morgan fingerprint density at radius 3 is 2.63 bits per heavy atom. The number of carbonyl (C=O) groups is 1. The summed E-state index contributed by atoms with van der Waals surface area (Å²) in [5.41, 5.74) is 0.884. The van der Waals surface area contributed by atoms with Crippen molar-refractivity contribution >= 4 is 27.3 Å². The molecule has 2 atom stereocenters. The number of hydrogen-bond donors (Lipinski definition) is 2. The van der Waals surface area contributed by atoms with Crippen molar-refractivity contribution in [3.05, 3.63) is 66.1 Å². The Labute approximate surface area is 161 Å². The number of sulfonamides is 1. The lowest BCUT2D eigenvalue weighted by atomic mass is 10.1. The number of aromatic nitrogens is 3. The average Bonchev–Trinajstić information content (AvgIpc) is 3.35. The van der Waals surface area contributed by atoms with Crippen molar-refractivity contribution in [2.75, 3.05) is 0 Å². The second-order valence-corrected chi connectivity index (χ2v) is 8.75. The molecule has 3 rings (SSSR count). The molecule has 142 valence electrons. The normalized spacial score (nSPS) is 13.8. The maximum Gasteiger partial charge on any atom is 0.250 e. The van der Waals surface area contributed by atoms with Crippen LogP contribution >= 0.6 is 11.3 Å². The van der Waals surface area contributed by atoms with Gasteiger partial charge < -0.3 is 5.32 Å². The second-order valence-electron chi connectivity index (χ2n) is 5.86. The number of rotatable bonds is 8. The van der Waals surface area contributed by atoms with E-state index in [0.29, 0.717) is 6.54 Å². The standard InChI is InChI=1S/C17H19N5O3S2/c1-13(21-27(24,25)16-8-5-9-26-16)17(23)20-15(10-22-12-18-11-19-22)14-6-3-2-4-7-14/h2-9,11-13,15,21H,10H2,1H3,(H,20,23). The molecule has 2 unspecified atom stereocenters. The molecule has 0 aliphatic rings. The highest BCUT2D eigenvalue weighted by molar-refractivity contribution is 7.91. The SMILES string of the molecule is CC(NS(=O)(=O)c1cccs1)C(=O)NC(Cn1cncn1)c1ccccc1. The predicted molar refractivity (Wildman–Crippen MR) is 101 cm³/mol. The summed E-state index contributed by atoms with van der Waals surface area (Å²) in [5, 5.41) is 8.63. The minimum atomic E-state index is -3.73. The molecule has 0 aliphatic heterocycles. The Kier molecular flexibility index (Phi) is 5.99. The molecule has 0 radical (unpaired) electrons. The first-order valence-electron chi connectivity index (χ1n) is 8.19. The highest BCUT2D eigenvalue weighted by atomic mass is 32.2. The van der Waals surface area contributed by atoms with Crippen LogP contribution in [-0.4, -0.2) is 35.1 Å². The first-order chi connectivity index (χ1) is 13.0. The lowest BCUT2D eigenvalue weighted by Crippen LogP contribution is -2.46. The molecule has 2 N–H and O–H groups in total. The van der Waals surface area contributed by atoms with Crippen LogP contribution in [0.15, 0.2) is 64.7 Å². The van der Waals surface area contributed by atoms with Crippen LogP contribution in [0.1, 0.15) is 18.5 Å². The van der Waals surface area contributed by atoms with Gasteiger partial charge in [0.15, 0.2) is 0 Å². The van der Waals surface area contributed by atoms with Crippen molar-refractivity contribution in [1.82, 2.24) is 24.8 Å². The Morgan fingerprint density at radius 1 is 1.22 bits per heavy atom. The van der Waals surface area contributed by atoms with Crippen molar-refractivity contribution in [3.8, 4) is 0 Å². The van der Waals surface area contributed by atoms with Crippen molar-refractivity contribution in [2.45, 2.75) is 29.8 Å². The Bertz CT molecular complexity index is 957. The smallest absolute Gasteiger partial charge is 0.250 e. The number of nitrogens with one attached hydrogen (secondary N) is 2. The van der Waals surface area contributed by atoms with E-state index in [4.69, 9.17) is 0 Å². The van der Waals surface area contributed by atoms with Crippen LogP contribution in [0.4, 0.5) is 0 Å². The van der Waals surface area contributed by atoms with Gasteiger partial charge in [0.25, 0.3) is 10.0 Å². The fourth-order valence-corrected chi connectivity index (χ4v) is 4.70. The highest BCUT2D eigenvalue weighted by Gasteiger charge is 2.25. The van der Waals surface area contributed by atoms with Gasteiger partial charge in [-0.1, -0.05) is 36.4 Å². The maximum atomic E-state index is 12.6. The Morgan fingerprint density at radius 2 is 2.00 bits per heavy atom. The molecule has 2 heterocycles. The van der Waals surface area contributed by atoms with E-state index in [1.165, 1.54) is 19.3 Å². The molecular weight excluding hydrogens is 386 g/mol. The van der Waals surface area contributed by atoms with Gasteiger partial charge in [-0.3, -0.25) is 9.48 Å². The van der Waals surface area contributed by atoms with E-state index in [1.807, 2.05) is 30.3 Å². The number of carbonyl (C=O) groups excluding carboxylic acids is 1. The van der Waals surface area contributed by atoms with Crippen LogP contribution in [0.3, 0.4) is 0 Å². The largest absolute Gasteiger partial charge is 0.346 e. The van der Waals surface area contributed by atoms with E-state index in [2.05, 4.69) is 20.1 Å². The van der Waals surface area contributed by atoms with Gasteiger partial charge in [0.1, 0.15) is 16.9 Å². The fraction of sp³-hybridized carbons (Fsp3) is 0.235. The third-order valence-electron chi connectivity index (χ3n) is 3.84. The first kappa shape index (κ1) is 19.2. The van der Waals surface area contributed by atoms with Gasteiger partial charge >= 0.3 is 0 Å². The van der Waals surface area contributed by atoms with Crippen LogP contribution in [0.5, 0.6) is 0 Å². The molecule has 0 saturated heterocycles. The van der Waals surface area contributed by atoms with Crippen LogP contribution in [0.25, 0.3) is 0 Å². The zero-order chi connectivity index (χ0) is 19.3. The van der Waals surface area contributed by atoms with Crippen LogP contribution in [0, 0.1) is 0 Å². The number of thiophene rings is 1. The number of hydrogen-bond acceptors (Lipinski definition) is 6. The second kappa shape index (κ2) is 8.42. The summed E-state index contributed by atoms with van der Waals surface area (Å²) < 4.78 is 28.8. The summed E-state index contributed by atoms with van der Waals surface area (Å²) in [7, 11) is -3.73. The molecule has 0 saturated carbocycles. The molecule has 0 fully saturated rings. The fourth-order valence-electron chi connectivity index (χ4n) is 2.49. The lowest BCUT2D eigenvalue weighted by Gasteiger charge is -2.22. The van der Waals surface area contributed by atoms with Crippen molar-refractivity contribution in [2.24, 2.45) is 0 Å². The van der Waals surface area contributed by atoms with Gasteiger partial charge in [0, 0.05) is 0 Å². The molecule has 1 aromatic carbocycles. The number of nitrogens with zero attached hydrogens (tertiary/aromatic N) is 3. The van der Waals surface area contributed by atoms with E-state index in [1.54, 1.807) is 22.5 Å². The topological polar surface area (TPSA) is 106 Å². The molecule has 0 bridgehead atoms. The van der Waals surface area contributed by atoms with E-state index < -0.39 is 22.0 Å². The van der Waals surface area contributed by atoms with Crippen LogP contribution in [0.2, 0.25) is 0 Å². The molecule has 0 spiro atoms. The van der Waals surface area contributed by atoms with Gasteiger partial charge in [-0.25, -0.2) is 13.4 Å². The van der Waals surface area contributed by atoms with Crippen molar-refractivity contribution in [3.63, 3.8) is 0 Å². The molecular formula is C17H19N5O3S2. The van der Waals surface area contributed by atoms with Gasteiger partial charge in [-0.05, 0) is 23.9 Å². The summed E-state index contributed by atoms with van der Waals surface area (Å²) >= 11 is 1.10. The van der Waals surface area contributed by atoms with Gasteiger partial charge in [0.05, 0.1) is 18.6 Å². The molecule has 10 heteroatoms. The van der Waals surface area contributed by atoms with Crippen molar-refractivity contribution in [1.29, 1.82) is 0 Å². The minimum absolute atomic E-state index is 0.171. The monoisotopic (exact) mass is 405 g/mol. The molecule has 3 aromatic rings. The lowest BCUT2D eigenvalue weighted by molar-refractivity contribution is -0.123. The summed E-state index contributed by atoms with van der Waals surface area (Å²) in [5.74, 6) is -0.427. The van der Waals surface area contributed by atoms with E-state index >= 15 is 0 Å². The summed E-state index contributed by atoms with van der Waals surface area (Å²) in [4.78, 5) is 16.5. The van der Waals surface area contributed by atoms with E-state index in [9.17, 15) is 13.2 Å². The molecule has 1 amide bonds. The molecule has 0 aliphatic carbocycles. The third kappa shape index (κ3) is 5.00. The Hall–Kier alpha value is -2.56. The zero-order valence-electron chi connectivity index (χ0n) is 14.5. The van der Waals surface area contributed by atoms with Crippen LogP contribution < -0.4 is 10.0 Å². The van der Waals surface area contributed by atoms with E-state index in [-0.39, 0.29) is 10.3 Å². The predicted octanol–water partition coefficient (Wildman–Crippen LogP) is 1.56. The van der Waals surface area contributed by atoms with Crippen molar-refractivity contribution < 1.29 is 13.2 Å². The third-order valence-corrected chi connectivity index (χ3v) is 6.78. The van der Waals surface area contributed by atoms with Gasteiger partial charge in [0.2, 0.25) is 5.91 Å².